The Labute approximate surface area is 98.8 Å². The number of hydrogen-bond donors (Lipinski definition) is 0. The van der Waals surface area contributed by atoms with E-state index in [1.54, 1.807) is 12.2 Å². The summed E-state index contributed by atoms with van der Waals surface area (Å²) in [5.74, 6) is 1.60. The van der Waals surface area contributed by atoms with Crippen molar-refractivity contribution in [1.82, 2.24) is 0 Å². The zero-order chi connectivity index (χ0) is 12.2. The highest BCUT2D eigenvalue weighted by Crippen LogP contribution is 2.13. The second kappa shape index (κ2) is 9.78. The van der Waals surface area contributed by atoms with E-state index in [4.69, 9.17) is 4.74 Å². The molecule has 0 amide bonds. The highest BCUT2D eigenvalue weighted by molar-refractivity contribution is 5.19. The maximum absolute atomic E-state index is 5.68. The van der Waals surface area contributed by atoms with Gasteiger partial charge in [0.15, 0.2) is 0 Å². The van der Waals surface area contributed by atoms with Gasteiger partial charge in [-0.15, -0.1) is 6.58 Å². The molecule has 0 heterocycles. The third kappa shape index (κ3) is 6.66. The van der Waals surface area contributed by atoms with Gasteiger partial charge in [-0.1, -0.05) is 37.5 Å². The van der Waals surface area contributed by atoms with Crippen LogP contribution in [0.1, 0.15) is 19.8 Å². The van der Waals surface area contributed by atoms with Gasteiger partial charge in [0.2, 0.25) is 0 Å². The first-order valence-corrected chi connectivity index (χ1v) is 5.34. The van der Waals surface area contributed by atoms with E-state index in [0.29, 0.717) is 0 Å². The lowest BCUT2D eigenvalue weighted by Crippen LogP contribution is -1.91. The van der Waals surface area contributed by atoms with Gasteiger partial charge in [0.1, 0.15) is 11.5 Å². The zero-order valence-corrected chi connectivity index (χ0v) is 9.99. The molecule has 0 aromatic carbocycles. The summed E-state index contributed by atoms with van der Waals surface area (Å²) in [5, 5.41) is 0. The summed E-state index contributed by atoms with van der Waals surface area (Å²) in [6.07, 6.45) is 14.5. The van der Waals surface area contributed by atoms with Crippen LogP contribution in [0.4, 0.5) is 0 Å². The molecule has 0 N–H and O–H groups in total. The highest BCUT2D eigenvalue weighted by atomic mass is 16.5. The Kier molecular flexibility index (Phi) is 8.71. The molecule has 0 aliphatic rings. The van der Waals surface area contributed by atoms with Crippen LogP contribution in [0.3, 0.4) is 0 Å². The van der Waals surface area contributed by atoms with Crippen LogP contribution in [-0.4, -0.2) is 0 Å². The zero-order valence-electron chi connectivity index (χ0n) is 9.99. The number of allylic oxidation sites excluding steroid dienone is 8. The third-order valence-electron chi connectivity index (χ3n) is 1.80. The summed E-state index contributed by atoms with van der Waals surface area (Å²) in [7, 11) is 0. The predicted octanol–water partition coefficient (Wildman–Crippen LogP) is 4.69. The molecule has 0 atom stereocenters. The molecule has 0 bridgehead atoms. The quantitative estimate of drug-likeness (QED) is 0.325. The van der Waals surface area contributed by atoms with Crippen LogP contribution in [0.2, 0.25) is 0 Å². The van der Waals surface area contributed by atoms with Crippen LogP contribution in [0.15, 0.2) is 73.8 Å². The van der Waals surface area contributed by atoms with Crippen molar-refractivity contribution in [2.75, 3.05) is 0 Å². The topological polar surface area (TPSA) is 9.23 Å². The first kappa shape index (κ1) is 14.2. The van der Waals surface area contributed by atoms with Crippen molar-refractivity contribution in [3.63, 3.8) is 0 Å². The Bertz CT molecular complexity index is 316. The molecule has 1 nitrogen and oxygen atoms in total. The van der Waals surface area contributed by atoms with E-state index in [1.165, 1.54) is 0 Å². The van der Waals surface area contributed by atoms with Gasteiger partial charge in [0.05, 0.1) is 0 Å². The fourth-order valence-electron chi connectivity index (χ4n) is 1.03. The summed E-state index contributed by atoms with van der Waals surface area (Å²) in [6, 6.07) is 0. The lowest BCUT2D eigenvalue weighted by molar-refractivity contribution is 0.305. The normalized spacial score (nSPS) is 12.6. The largest absolute Gasteiger partial charge is 0.462 e. The Morgan fingerprint density at radius 1 is 1.19 bits per heavy atom. The minimum absolute atomic E-state index is 0.732. The summed E-state index contributed by atoms with van der Waals surface area (Å²) < 4.78 is 5.68. The first-order chi connectivity index (χ1) is 7.78. The molecular weight excluding hydrogens is 196 g/mol. The smallest absolute Gasteiger partial charge is 0.126 e. The molecule has 0 radical (unpaired) electrons. The lowest BCUT2D eigenvalue weighted by atomic mass is 10.2. The van der Waals surface area contributed by atoms with Crippen molar-refractivity contribution < 1.29 is 4.74 Å². The van der Waals surface area contributed by atoms with Gasteiger partial charge < -0.3 is 4.74 Å². The van der Waals surface area contributed by atoms with Crippen LogP contribution in [0, 0.1) is 0 Å². The second-order valence-corrected chi connectivity index (χ2v) is 3.10. The molecule has 0 aromatic rings. The van der Waals surface area contributed by atoms with E-state index in [9.17, 15) is 0 Å². The monoisotopic (exact) mass is 216 g/mol. The van der Waals surface area contributed by atoms with E-state index in [2.05, 4.69) is 19.7 Å². The second-order valence-electron chi connectivity index (χ2n) is 3.10. The van der Waals surface area contributed by atoms with Crippen LogP contribution >= 0.6 is 0 Å². The number of ether oxygens (including phenoxy) is 1. The van der Waals surface area contributed by atoms with Gasteiger partial charge in [-0.25, -0.2) is 0 Å². The molecule has 0 rings (SSSR count). The molecular formula is C15H20O. The average molecular weight is 216 g/mol. The maximum atomic E-state index is 5.68. The van der Waals surface area contributed by atoms with Gasteiger partial charge in [-0.3, -0.25) is 0 Å². The Balaban J connectivity index is 4.58. The Morgan fingerprint density at radius 2 is 1.94 bits per heavy atom. The highest BCUT2D eigenvalue weighted by Gasteiger charge is 1.98. The predicted molar refractivity (Wildman–Crippen MR) is 71.9 cm³/mol. The molecule has 1 heteroatoms. The molecule has 0 aromatic heterocycles. The van der Waals surface area contributed by atoms with Crippen LogP contribution in [0.5, 0.6) is 0 Å². The van der Waals surface area contributed by atoms with Gasteiger partial charge in [-0.05, 0) is 31.6 Å². The van der Waals surface area contributed by atoms with Crippen molar-refractivity contribution >= 4 is 0 Å². The molecule has 0 aliphatic carbocycles. The third-order valence-corrected chi connectivity index (χ3v) is 1.80. The van der Waals surface area contributed by atoms with Crippen molar-refractivity contribution in [2.45, 2.75) is 19.8 Å². The first-order valence-electron chi connectivity index (χ1n) is 5.34. The molecule has 16 heavy (non-hydrogen) atoms. The van der Waals surface area contributed by atoms with Gasteiger partial charge >= 0.3 is 0 Å². The fourth-order valence-corrected chi connectivity index (χ4v) is 1.03. The minimum Gasteiger partial charge on any atom is -0.462 e. The summed E-state index contributed by atoms with van der Waals surface area (Å²) >= 11 is 0. The Hall–Kier alpha value is -1.76. The van der Waals surface area contributed by atoms with E-state index in [0.717, 1.165) is 24.4 Å². The van der Waals surface area contributed by atoms with Crippen molar-refractivity contribution in [3.05, 3.63) is 73.8 Å². The molecule has 0 fully saturated rings. The number of rotatable bonds is 8. The minimum atomic E-state index is 0.732. The molecule has 0 saturated heterocycles. The molecule has 0 unspecified atom stereocenters. The van der Waals surface area contributed by atoms with E-state index in [1.807, 2.05) is 37.3 Å². The van der Waals surface area contributed by atoms with Gasteiger partial charge in [-0.2, -0.15) is 0 Å². The summed E-state index contributed by atoms with van der Waals surface area (Å²) in [5.41, 5.74) is 0. The standard InChI is InChI=1S/C15H20O/c1-5-9-12-14(8-4)16-15(11-7-3)13-10-6-2/h5-9,11-12H,2-4,10,13H2,1H3/b9-5-,14-12+,15-11+. The molecule has 0 aliphatic heterocycles. The molecule has 0 spiro atoms. The van der Waals surface area contributed by atoms with Crippen molar-refractivity contribution in [3.8, 4) is 0 Å². The summed E-state index contributed by atoms with van der Waals surface area (Å²) in [6.45, 7) is 13.0. The van der Waals surface area contributed by atoms with Gasteiger partial charge in [0, 0.05) is 6.42 Å². The van der Waals surface area contributed by atoms with Crippen LogP contribution < -0.4 is 0 Å². The van der Waals surface area contributed by atoms with Crippen LogP contribution in [0.25, 0.3) is 0 Å². The fraction of sp³-hybridized carbons (Fsp3) is 0.200. The molecule has 0 saturated carbocycles. The van der Waals surface area contributed by atoms with E-state index in [-0.39, 0.29) is 0 Å². The van der Waals surface area contributed by atoms with Crippen molar-refractivity contribution in [2.24, 2.45) is 0 Å². The van der Waals surface area contributed by atoms with E-state index < -0.39 is 0 Å². The van der Waals surface area contributed by atoms with Crippen molar-refractivity contribution in [1.29, 1.82) is 0 Å². The van der Waals surface area contributed by atoms with Gasteiger partial charge in [0.25, 0.3) is 0 Å². The Morgan fingerprint density at radius 3 is 2.44 bits per heavy atom. The number of hydrogen-bond acceptors (Lipinski definition) is 1. The maximum Gasteiger partial charge on any atom is 0.126 e. The lowest BCUT2D eigenvalue weighted by Gasteiger charge is -2.09. The average Bonchev–Trinajstić information content (AvgIpc) is 2.31. The molecule has 86 valence electrons. The van der Waals surface area contributed by atoms with E-state index >= 15 is 0 Å². The summed E-state index contributed by atoms with van der Waals surface area (Å²) in [4.78, 5) is 0. The van der Waals surface area contributed by atoms with Crippen LogP contribution in [-0.2, 0) is 4.74 Å². The SMILES string of the molecule is C=C/C=C(\CCC=C)O/C(C=C)=C/C=C\C.